The Bertz CT molecular complexity index is 480. The van der Waals surface area contributed by atoms with Crippen molar-refractivity contribution in [3.05, 3.63) is 35.4 Å². The van der Waals surface area contributed by atoms with Crippen LogP contribution in [0.15, 0.2) is 24.3 Å². The molecule has 0 aliphatic rings. The van der Waals surface area contributed by atoms with E-state index in [4.69, 9.17) is 10.2 Å². The first-order chi connectivity index (χ1) is 8.34. The average molecular weight is 251 g/mol. The number of carboxylic acids is 2. The molecule has 1 unspecified atom stereocenters. The predicted molar refractivity (Wildman–Crippen MR) is 62.6 cm³/mol. The maximum absolute atomic E-state index is 11.9. The van der Waals surface area contributed by atoms with Gasteiger partial charge in [0.2, 0.25) is 0 Å². The van der Waals surface area contributed by atoms with Crippen molar-refractivity contribution in [2.24, 2.45) is 0 Å². The lowest BCUT2D eigenvalue weighted by molar-refractivity contribution is -0.141. The van der Waals surface area contributed by atoms with Gasteiger partial charge in [-0.05, 0) is 31.2 Å². The SMILES string of the molecule is CC(C(=O)O)N(C)C(=O)c1ccc(C(=O)O)cc1. The minimum Gasteiger partial charge on any atom is -0.480 e. The molecule has 0 aromatic heterocycles. The average Bonchev–Trinajstić information content (AvgIpc) is 2.36. The van der Waals surface area contributed by atoms with Crippen LogP contribution in [-0.4, -0.2) is 46.0 Å². The Balaban J connectivity index is 2.90. The number of carbonyl (C=O) groups is 3. The van der Waals surface area contributed by atoms with E-state index in [0.29, 0.717) is 0 Å². The van der Waals surface area contributed by atoms with Crippen LogP contribution in [0.3, 0.4) is 0 Å². The molecule has 1 atom stereocenters. The lowest BCUT2D eigenvalue weighted by Gasteiger charge is -2.21. The van der Waals surface area contributed by atoms with Crippen LogP contribution in [-0.2, 0) is 4.79 Å². The molecule has 1 amide bonds. The monoisotopic (exact) mass is 251 g/mol. The summed E-state index contributed by atoms with van der Waals surface area (Å²) in [5.74, 6) is -2.66. The highest BCUT2D eigenvalue weighted by Gasteiger charge is 2.22. The molecule has 1 aromatic rings. The lowest BCUT2D eigenvalue weighted by Crippen LogP contribution is -2.40. The van der Waals surface area contributed by atoms with E-state index in [9.17, 15) is 14.4 Å². The van der Waals surface area contributed by atoms with Gasteiger partial charge < -0.3 is 15.1 Å². The minimum atomic E-state index is -1.10. The van der Waals surface area contributed by atoms with E-state index in [1.165, 1.54) is 38.2 Å². The smallest absolute Gasteiger partial charge is 0.335 e. The first kappa shape index (κ1) is 13.7. The van der Waals surface area contributed by atoms with Crippen molar-refractivity contribution in [1.82, 2.24) is 4.90 Å². The highest BCUT2D eigenvalue weighted by atomic mass is 16.4. The number of hydrogen-bond donors (Lipinski definition) is 2. The van der Waals surface area contributed by atoms with Crippen LogP contribution in [0.25, 0.3) is 0 Å². The Labute approximate surface area is 103 Å². The second-order valence-electron chi connectivity index (χ2n) is 3.81. The summed E-state index contributed by atoms with van der Waals surface area (Å²) >= 11 is 0. The summed E-state index contributed by atoms with van der Waals surface area (Å²) < 4.78 is 0. The molecular formula is C12H13NO5. The standard InChI is InChI=1S/C12H13NO5/c1-7(11(15)16)13(2)10(14)8-3-5-9(6-4-8)12(17)18/h3-7H,1-2H3,(H,15,16)(H,17,18). The number of aromatic carboxylic acids is 1. The molecule has 1 rings (SSSR count). The second kappa shape index (κ2) is 5.31. The Morgan fingerprint density at radius 1 is 1.06 bits per heavy atom. The molecule has 0 fully saturated rings. The zero-order chi connectivity index (χ0) is 13.9. The molecule has 0 aliphatic heterocycles. The van der Waals surface area contributed by atoms with Crippen LogP contribution in [0.4, 0.5) is 0 Å². The van der Waals surface area contributed by atoms with Gasteiger partial charge in [-0.1, -0.05) is 0 Å². The minimum absolute atomic E-state index is 0.0699. The molecule has 2 N–H and O–H groups in total. The Hall–Kier alpha value is -2.37. The Morgan fingerprint density at radius 3 is 1.89 bits per heavy atom. The molecule has 0 radical (unpaired) electrons. The van der Waals surface area contributed by atoms with E-state index >= 15 is 0 Å². The van der Waals surface area contributed by atoms with Crippen LogP contribution in [0.2, 0.25) is 0 Å². The van der Waals surface area contributed by atoms with Crippen LogP contribution in [0, 0.1) is 0 Å². The highest BCUT2D eigenvalue weighted by Crippen LogP contribution is 2.09. The van der Waals surface area contributed by atoms with Gasteiger partial charge >= 0.3 is 11.9 Å². The number of hydrogen-bond acceptors (Lipinski definition) is 3. The molecule has 0 saturated carbocycles. The van der Waals surface area contributed by atoms with Gasteiger partial charge in [0.25, 0.3) is 5.91 Å². The third-order valence-electron chi connectivity index (χ3n) is 2.64. The maximum atomic E-state index is 11.9. The third kappa shape index (κ3) is 2.85. The molecular weight excluding hydrogens is 238 g/mol. The van der Waals surface area contributed by atoms with Crippen molar-refractivity contribution in [3.63, 3.8) is 0 Å². The molecule has 6 heteroatoms. The first-order valence-corrected chi connectivity index (χ1v) is 5.18. The second-order valence-corrected chi connectivity index (χ2v) is 3.81. The summed E-state index contributed by atoms with van der Waals surface area (Å²) in [4.78, 5) is 34.4. The lowest BCUT2D eigenvalue weighted by atomic mass is 10.1. The van der Waals surface area contributed by atoms with E-state index in [1.54, 1.807) is 0 Å². The zero-order valence-electron chi connectivity index (χ0n) is 9.95. The summed E-state index contributed by atoms with van der Waals surface area (Å²) in [6, 6.07) is 4.37. The zero-order valence-corrected chi connectivity index (χ0v) is 9.95. The fourth-order valence-electron chi connectivity index (χ4n) is 1.30. The number of rotatable bonds is 4. The van der Waals surface area contributed by atoms with Crippen LogP contribution in [0.1, 0.15) is 27.6 Å². The van der Waals surface area contributed by atoms with E-state index in [2.05, 4.69) is 0 Å². The molecule has 0 bridgehead atoms. The van der Waals surface area contributed by atoms with Crippen LogP contribution >= 0.6 is 0 Å². The summed E-state index contributed by atoms with van der Waals surface area (Å²) in [5.41, 5.74) is 0.316. The first-order valence-electron chi connectivity index (χ1n) is 5.18. The van der Waals surface area contributed by atoms with Crippen molar-refractivity contribution in [3.8, 4) is 0 Å². The molecule has 0 spiro atoms. The van der Waals surface area contributed by atoms with Gasteiger partial charge in [-0.25, -0.2) is 9.59 Å². The topological polar surface area (TPSA) is 94.9 Å². The van der Waals surface area contributed by atoms with Crippen LogP contribution < -0.4 is 0 Å². The van der Waals surface area contributed by atoms with Crippen molar-refractivity contribution in [2.75, 3.05) is 7.05 Å². The van der Waals surface area contributed by atoms with Gasteiger partial charge in [-0.2, -0.15) is 0 Å². The van der Waals surface area contributed by atoms with Gasteiger partial charge in [0, 0.05) is 12.6 Å². The number of carboxylic acid groups (broad SMARTS) is 2. The number of carbonyl (C=O) groups excluding carboxylic acids is 1. The fourth-order valence-corrected chi connectivity index (χ4v) is 1.30. The highest BCUT2D eigenvalue weighted by molar-refractivity contribution is 5.97. The Kier molecular flexibility index (Phi) is 4.04. The predicted octanol–water partition coefficient (Wildman–Crippen LogP) is 0.930. The fraction of sp³-hybridized carbons (Fsp3) is 0.250. The van der Waals surface area contributed by atoms with E-state index in [-0.39, 0.29) is 11.1 Å². The van der Waals surface area contributed by atoms with Gasteiger partial charge in [0.1, 0.15) is 6.04 Å². The van der Waals surface area contributed by atoms with E-state index in [0.717, 1.165) is 4.90 Å². The van der Waals surface area contributed by atoms with Crippen molar-refractivity contribution in [1.29, 1.82) is 0 Å². The van der Waals surface area contributed by atoms with Gasteiger partial charge in [-0.3, -0.25) is 4.79 Å². The largest absolute Gasteiger partial charge is 0.480 e. The summed E-state index contributed by atoms with van der Waals surface area (Å²) in [6.07, 6.45) is 0. The van der Waals surface area contributed by atoms with Crippen LogP contribution in [0.5, 0.6) is 0 Å². The molecule has 0 aliphatic carbocycles. The number of amides is 1. The number of aliphatic carboxylic acids is 1. The molecule has 96 valence electrons. The summed E-state index contributed by atoms with van der Waals surface area (Å²) in [5, 5.41) is 17.5. The maximum Gasteiger partial charge on any atom is 0.335 e. The van der Waals surface area contributed by atoms with Crippen molar-refractivity contribution in [2.45, 2.75) is 13.0 Å². The number of nitrogens with zero attached hydrogens (tertiary/aromatic N) is 1. The van der Waals surface area contributed by atoms with Crippen molar-refractivity contribution >= 4 is 17.8 Å². The third-order valence-corrected chi connectivity index (χ3v) is 2.64. The quantitative estimate of drug-likeness (QED) is 0.830. The molecule has 6 nitrogen and oxygen atoms in total. The summed E-state index contributed by atoms with van der Waals surface area (Å²) in [7, 11) is 1.38. The normalized spacial score (nSPS) is 11.7. The van der Waals surface area contributed by atoms with Gasteiger partial charge in [0.15, 0.2) is 0 Å². The molecule has 0 heterocycles. The molecule has 18 heavy (non-hydrogen) atoms. The summed E-state index contributed by atoms with van der Waals surface area (Å²) in [6.45, 7) is 1.39. The van der Waals surface area contributed by atoms with Gasteiger partial charge in [0.05, 0.1) is 5.56 Å². The van der Waals surface area contributed by atoms with E-state index in [1.807, 2.05) is 0 Å². The number of benzene rings is 1. The van der Waals surface area contributed by atoms with E-state index < -0.39 is 23.9 Å². The molecule has 1 aromatic carbocycles. The Morgan fingerprint density at radius 2 is 1.50 bits per heavy atom. The molecule has 0 saturated heterocycles. The number of likely N-dealkylation sites (N-methyl/N-ethyl adjacent to an activating group) is 1. The van der Waals surface area contributed by atoms with Gasteiger partial charge in [-0.15, -0.1) is 0 Å². The van der Waals surface area contributed by atoms with Crippen molar-refractivity contribution < 1.29 is 24.6 Å².